The maximum Gasteiger partial charge on any atom is 0.321 e. The molecule has 0 spiro atoms. The van der Waals surface area contributed by atoms with Gasteiger partial charge in [0.1, 0.15) is 0 Å². The number of fused-ring (bicyclic) bond motifs is 1. The third-order valence-electron chi connectivity index (χ3n) is 4.65. The predicted molar refractivity (Wildman–Crippen MR) is 103 cm³/mol. The van der Waals surface area contributed by atoms with Crippen molar-refractivity contribution in [2.75, 3.05) is 23.3 Å². The number of nitrogens with zero attached hydrogens (tertiary/aromatic N) is 2. The van der Waals surface area contributed by atoms with E-state index in [-0.39, 0.29) is 11.9 Å². The molecule has 3 amide bonds. The number of amides is 3. The van der Waals surface area contributed by atoms with Crippen LogP contribution < -0.4 is 15.5 Å². The fourth-order valence-electron chi connectivity index (χ4n) is 3.23. The second kappa shape index (κ2) is 6.55. The van der Waals surface area contributed by atoms with Crippen molar-refractivity contribution in [1.82, 2.24) is 9.88 Å². The molecule has 0 bridgehead atoms. The van der Waals surface area contributed by atoms with Crippen LogP contribution in [0.25, 0.3) is 10.9 Å². The molecule has 1 aromatic heterocycles. The van der Waals surface area contributed by atoms with Gasteiger partial charge in [-0.3, -0.25) is 9.69 Å². The first-order valence-electron chi connectivity index (χ1n) is 8.64. The first kappa shape index (κ1) is 16.2. The zero-order valence-electron chi connectivity index (χ0n) is 14.5. The standard InChI is InChI=1S/C20H20N4O2/c1-23-11-8-14-6-7-16(13-18(14)23)22-19(25)15-4-2-5-17(12-15)24-10-3-9-21-20(24)26/h2,4-8,11-13H,3,9-10H2,1H3,(H,21,26)(H,22,25). The SMILES string of the molecule is Cn1ccc2ccc(NC(=O)c3cccc(N4CCCNC4=O)c3)cc21. The molecule has 2 aromatic carbocycles. The number of aryl methyl sites for hydroxylation is 1. The predicted octanol–water partition coefficient (Wildman–Crippen LogP) is 3.35. The summed E-state index contributed by atoms with van der Waals surface area (Å²) in [5.41, 5.74) is 3.05. The number of hydrogen-bond acceptors (Lipinski definition) is 2. The molecule has 26 heavy (non-hydrogen) atoms. The summed E-state index contributed by atoms with van der Waals surface area (Å²) < 4.78 is 2.01. The Labute approximate surface area is 151 Å². The van der Waals surface area contributed by atoms with E-state index in [0.29, 0.717) is 18.7 Å². The van der Waals surface area contributed by atoms with Crippen molar-refractivity contribution < 1.29 is 9.59 Å². The minimum Gasteiger partial charge on any atom is -0.350 e. The zero-order valence-corrected chi connectivity index (χ0v) is 14.5. The molecule has 2 N–H and O–H groups in total. The number of aromatic nitrogens is 1. The number of nitrogens with one attached hydrogen (secondary N) is 2. The average Bonchev–Trinajstić information content (AvgIpc) is 3.03. The fraction of sp³-hybridized carbons (Fsp3) is 0.200. The van der Waals surface area contributed by atoms with Gasteiger partial charge in [-0.1, -0.05) is 12.1 Å². The summed E-state index contributed by atoms with van der Waals surface area (Å²) in [7, 11) is 1.97. The lowest BCUT2D eigenvalue weighted by atomic mass is 10.1. The largest absolute Gasteiger partial charge is 0.350 e. The van der Waals surface area contributed by atoms with E-state index in [2.05, 4.69) is 10.6 Å². The Balaban J connectivity index is 1.56. The topological polar surface area (TPSA) is 66.4 Å². The third kappa shape index (κ3) is 3.01. The lowest BCUT2D eigenvalue weighted by Crippen LogP contribution is -2.46. The van der Waals surface area contributed by atoms with Crippen LogP contribution >= 0.6 is 0 Å². The highest BCUT2D eigenvalue weighted by Gasteiger charge is 2.20. The van der Waals surface area contributed by atoms with Gasteiger partial charge in [0.2, 0.25) is 0 Å². The molecule has 1 fully saturated rings. The normalized spacial score (nSPS) is 14.3. The maximum absolute atomic E-state index is 12.7. The van der Waals surface area contributed by atoms with Gasteiger partial charge in [0.15, 0.2) is 0 Å². The molecule has 0 aliphatic carbocycles. The monoisotopic (exact) mass is 348 g/mol. The van der Waals surface area contributed by atoms with Gasteiger partial charge in [0, 0.05) is 48.8 Å². The molecular weight excluding hydrogens is 328 g/mol. The minimum absolute atomic E-state index is 0.122. The Bertz CT molecular complexity index is 992. The number of carbonyl (C=O) groups is 2. The van der Waals surface area contributed by atoms with Gasteiger partial charge in [-0.15, -0.1) is 0 Å². The van der Waals surface area contributed by atoms with Gasteiger partial charge in [-0.2, -0.15) is 0 Å². The van der Waals surface area contributed by atoms with Crippen molar-refractivity contribution in [2.24, 2.45) is 7.05 Å². The Morgan fingerprint density at radius 2 is 2.04 bits per heavy atom. The average molecular weight is 348 g/mol. The van der Waals surface area contributed by atoms with Crippen molar-refractivity contribution in [3.05, 3.63) is 60.3 Å². The first-order valence-corrected chi connectivity index (χ1v) is 8.64. The molecule has 4 rings (SSSR count). The molecule has 1 aliphatic rings. The number of urea groups is 1. The molecule has 0 saturated carbocycles. The van der Waals surface area contributed by atoms with Crippen LogP contribution in [-0.4, -0.2) is 29.6 Å². The van der Waals surface area contributed by atoms with Gasteiger partial charge in [-0.05, 0) is 48.2 Å². The summed E-state index contributed by atoms with van der Waals surface area (Å²) in [5.74, 6) is -0.196. The molecule has 0 unspecified atom stereocenters. The molecule has 0 radical (unpaired) electrons. The first-order chi connectivity index (χ1) is 12.6. The van der Waals surface area contributed by atoms with E-state index in [9.17, 15) is 9.59 Å². The second-order valence-electron chi connectivity index (χ2n) is 6.44. The maximum atomic E-state index is 12.7. The van der Waals surface area contributed by atoms with Crippen LogP contribution in [0.1, 0.15) is 16.8 Å². The van der Waals surface area contributed by atoms with Crippen LogP contribution in [0.2, 0.25) is 0 Å². The van der Waals surface area contributed by atoms with Crippen LogP contribution in [0.5, 0.6) is 0 Å². The quantitative estimate of drug-likeness (QED) is 0.762. The van der Waals surface area contributed by atoms with E-state index in [0.717, 1.165) is 28.7 Å². The molecule has 132 valence electrons. The number of hydrogen-bond donors (Lipinski definition) is 2. The summed E-state index contributed by atoms with van der Waals surface area (Å²) in [6.07, 6.45) is 2.88. The molecule has 0 atom stereocenters. The Morgan fingerprint density at radius 3 is 2.88 bits per heavy atom. The van der Waals surface area contributed by atoms with Crippen LogP contribution in [-0.2, 0) is 7.05 Å². The van der Waals surface area contributed by atoms with Crippen molar-refractivity contribution in [2.45, 2.75) is 6.42 Å². The second-order valence-corrected chi connectivity index (χ2v) is 6.44. The van der Waals surface area contributed by atoms with Crippen molar-refractivity contribution >= 4 is 34.2 Å². The number of carbonyl (C=O) groups excluding carboxylic acids is 2. The lowest BCUT2D eigenvalue weighted by molar-refractivity contribution is 0.102. The van der Waals surface area contributed by atoms with E-state index in [1.54, 1.807) is 23.1 Å². The summed E-state index contributed by atoms with van der Waals surface area (Å²) in [6.45, 7) is 1.35. The molecule has 6 nitrogen and oxygen atoms in total. The minimum atomic E-state index is -0.196. The Hall–Kier alpha value is -3.28. The highest BCUT2D eigenvalue weighted by molar-refractivity contribution is 6.06. The van der Waals surface area contributed by atoms with Crippen molar-refractivity contribution in [1.29, 1.82) is 0 Å². The molecular formula is C20H20N4O2. The summed E-state index contributed by atoms with van der Waals surface area (Å²) in [5, 5.41) is 6.89. The highest BCUT2D eigenvalue weighted by atomic mass is 16.2. The van der Waals surface area contributed by atoms with Gasteiger partial charge in [0.25, 0.3) is 5.91 Å². The van der Waals surface area contributed by atoms with Gasteiger partial charge < -0.3 is 15.2 Å². The van der Waals surface area contributed by atoms with E-state index < -0.39 is 0 Å². The van der Waals surface area contributed by atoms with E-state index in [1.807, 2.05) is 48.1 Å². The highest BCUT2D eigenvalue weighted by Crippen LogP contribution is 2.22. The summed E-state index contributed by atoms with van der Waals surface area (Å²) in [4.78, 5) is 26.3. The van der Waals surface area contributed by atoms with E-state index in [4.69, 9.17) is 0 Å². The zero-order chi connectivity index (χ0) is 18.1. The van der Waals surface area contributed by atoms with E-state index >= 15 is 0 Å². The molecule has 1 aliphatic heterocycles. The fourth-order valence-corrected chi connectivity index (χ4v) is 3.23. The van der Waals surface area contributed by atoms with Gasteiger partial charge >= 0.3 is 6.03 Å². The van der Waals surface area contributed by atoms with Crippen molar-refractivity contribution in [3.8, 4) is 0 Å². The smallest absolute Gasteiger partial charge is 0.321 e. The van der Waals surface area contributed by atoms with Gasteiger partial charge in [0.05, 0.1) is 0 Å². The van der Waals surface area contributed by atoms with Crippen molar-refractivity contribution in [3.63, 3.8) is 0 Å². The lowest BCUT2D eigenvalue weighted by Gasteiger charge is -2.27. The molecule has 3 aromatic rings. The number of anilines is 2. The van der Waals surface area contributed by atoms with Crippen LogP contribution in [0.3, 0.4) is 0 Å². The van der Waals surface area contributed by atoms with E-state index in [1.165, 1.54) is 0 Å². The number of benzene rings is 2. The van der Waals surface area contributed by atoms with Crippen LogP contribution in [0.4, 0.5) is 16.2 Å². The number of rotatable bonds is 3. The third-order valence-corrected chi connectivity index (χ3v) is 4.65. The molecule has 6 heteroatoms. The summed E-state index contributed by atoms with van der Waals surface area (Å²) in [6, 6.07) is 14.9. The van der Waals surface area contributed by atoms with Crippen LogP contribution in [0.15, 0.2) is 54.7 Å². The molecule has 2 heterocycles. The van der Waals surface area contributed by atoms with Gasteiger partial charge in [-0.25, -0.2) is 4.79 Å². The Morgan fingerprint density at radius 1 is 1.15 bits per heavy atom. The Kier molecular flexibility index (Phi) is 4.08. The molecule has 1 saturated heterocycles. The van der Waals surface area contributed by atoms with Crippen LogP contribution in [0, 0.1) is 0 Å². The summed E-state index contributed by atoms with van der Waals surface area (Å²) >= 11 is 0.